The highest BCUT2D eigenvalue weighted by molar-refractivity contribution is 5.95. The Kier molecular flexibility index (Phi) is 4.83. The van der Waals surface area contributed by atoms with Crippen LogP contribution >= 0.6 is 0 Å². The SMILES string of the molecule is Cc1ccc(C(=O)N[C@@H](C)c2ccc3c(c2)CCCC3)cc1[N+](=O)[O-]. The van der Waals surface area contributed by atoms with E-state index in [0.29, 0.717) is 11.1 Å². The number of nitro benzene ring substituents is 1. The highest BCUT2D eigenvalue weighted by atomic mass is 16.6. The van der Waals surface area contributed by atoms with Crippen molar-refractivity contribution in [2.45, 2.75) is 45.6 Å². The molecule has 0 radical (unpaired) electrons. The zero-order chi connectivity index (χ0) is 18.0. The summed E-state index contributed by atoms with van der Waals surface area (Å²) in [6, 6.07) is 10.8. The standard InChI is InChI=1S/C20H22N2O3/c1-13-7-8-18(12-19(13)22(24)25)20(23)21-14(2)16-10-9-15-5-3-4-6-17(15)11-16/h7-12,14H,3-6H2,1-2H3,(H,21,23)/t14-/m0/s1. The number of hydrogen-bond acceptors (Lipinski definition) is 3. The van der Waals surface area contributed by atoms with E-state index in [2.05, 4.69) is 23.5 Å². The number of benzene rings is 2. The van der Waals surface area contributed by atoms with E-state index in [1.807, 2.05) is 6.92 Å². The first-order valence-corrected chi connectivity index (χ1v) is 8.63. The molecular weight excluding hydrogens is 316 g/mol. The lowest BCUT2D eigenvalue weighted by Gasteiger charge is -2.20. The lowest BCUT2D eigenvalue weighted by Crippen LogP contribution is -2.27. The molecule has 0 spiro atoms. The van der Waals surface area contributed by atoms with Crippen LogP contribution in [0.15, 0.2) is 36.4 Å². The molecule has 130 valence electrons. The van der Waals surface area contributed by atoms with Crippen LogP contribution in [0.25, 0.3) is 0 Å². The minimum Gasteiger partial charge on any atom is -0.346 e. The maximum Gasteiger partial charge on any atom is 0.273 e. The maximum atomic E-state index is 12.5. The predicted molar refractivity (Wildman–Crippen MR) is 96.8 cm³/mol. The molecule has 2 aromatic carbocycles. The zero-order valence-electron chi connectivity index (χ0n) is 14.5. The molecule has 0 unspecified atom stereocenters. The van der Waals surface area contributed by atoms with Gasteiger partial charge in [0.1, 0.15) is 0 Å². The second-order valence-corrected chi connectivity index (χ2v) is 6.69. The predicted octanol–water partition coefficient (Wildman–Crippen LogP) is 4.27. The topological polar surface area (TPSA) is 72.2 Å². The summed E-state index contributed by atoms with van der Waals surface area (Å²) >= 11 is 0. The fourth-order valence-corrected chi connectivity index (χ4v) is 3.33. The molecule has 0 aliphatic heterocycles. The van der Waals surface area contributed by atoms with Gasteiger partial charge >= 0.3 is 0 Å². The quantitative estimate of drug-likeness (QED) is 0.668. The van der Waals surface area contributed by atoms with Crippen molar-refractivity contribution in [1.29, 1.82) is 0 Å². The smallest absolute Gasteiger partial charge is 0.273 e. The molecule has 1 aliphatic carbocycles. The minimum absolute atomic E-state index is 0.0333. The largest absolute Gasteiger partial charge is 0.346 e. The number of carbonyl (C=O) groups is 1. The first-order chi connectivity index (χ1) is 12.0. The van der Waals surface area contributed by atoms with Crippen molar-refractivity contribution in [3.05, 3.63) is 74.3 Å². The van der Waals surface area contributed by atoms with Crippen LogP contribution in [0.2, 0.25) is 0 Å². The maximum absolute atomic E-state index is 12.5. The number of nitrogens with zero attached hydrogens (tertiary/aromatic N) is 1. The monoisotopic (exact) mass is 338 g/mol. The van der Waals surface area contributed by atoms with E-state index in [1.165, 1.54) is 30.0 Å². The van der Waals surface area contributed by atoms with Crippen LogP contribution in [-0.2, 0) is 12.8 Å². The molecule has 0 heterocycles. The Hall–Kier alpha value is -2.69. The number of carbonyl (C=O) groups excluding carboxylic acids is 1. The molecule has 1 aliphatic rings. The highest BCUT2D eigenvalue weighted by Gasteiger charge is 2.18. The summed E-state index contributed by atoms with van der Waals surface area (Å²) in [5.41, 5.74) is 4.66. The van der Waals surface area contributed by atoms with E-state index in [1.54, 1.807) is 19.1 Å². The molecule has 5 nitrogen and oxygen atoms in total. The molecular formula is C20H22N2O3. The second-order valence-electron chi connectivity index (χ2n) is 6.69. The zero-order valence-corrected chi connectivity index (χ0v) is 14.5. The van der Waals surface area contributed by atoms with Crippen LogP contribution in [0.4, 0.5) is 5.69 Å². The van der Waals surface area contributed by atoms with Crippen molar-refractivity contribution in [1.82, 2.24) is 5.32 Å². The molecule has 0 fully saturated rings. The molecule has 1 N–H and O–H groups in total. The van der Waals surface area contributed by atoms with Gasteiger partial charge in [0.25, 0.3) is 11.6 Å². The van der Waals surface area contributed by atoms with Gasteiger partial charge in [0.15, 0.2) is 0 Å². The van der Waals surface area contributed by atoms with Crippen molar-refractivity contribution in [3.63, 3.8) is 0 Å². The number of nitrogens with one attached hydrogen (secondary N) is 1. The Morgan fingerprint density at radius 2 is 1.84 bits per heavy atom. The summed E-state index contributed by atoms with van der Waals surface area (Å²) in [7, 11) is 0. The van der Waals surface area contributed by atoms with Gasteiger partial charge < -0.3 is 5.32 Å². The number of rotatable bonds is 4. The van der Waals surface area contributed by atoms with Crippen molar-refractivity contribution >= 4 is 11.6 Å². The van der Waals surface area contributed by atoms with E-state index in [0.717, 1.165) is 18.4 Å². The Balaban J connectivity index is 1.76. The Labute approximate surface area is 147 Å². The van der Waals surface area contributed by atoms with Crippen molar-refractivity contribution in [2.24, 2.45) is 0 Å². The normalized spacial score (nSPS) is 14.5. The second kappa shape index (κ2) is 7.05. The number of amides is 1. The molecule has 25 heavy (non-hydrogen) atoms. The average molecular weight is 338 g/mol. The van der Waals surface area contributed by atoms with Crippen LogP contribution < -0.4 is 5.32 Å². The Morgan fingerprint density at radius 1 is 1.12 bits per heavy atom. The van der Waals surface area contributed by atoms with Gasteiger partial charge in [-0.2, -0.15) is 0 Å². The highest BCUT2D eigenvalue weighted by Crippen LogP contribution is 2.25. The van der Waals surface area contributed by atoms with E-state index >= 15 is 0 Å². The molecule has 0 saturated carbocycles. The molecule has 0 saturated heterocycles. The first-order valence-electron chi connectivity index (χ1n) is 8.63. The van der Waals surface area contributed by atoms with E-state index in [-0.39, 0.29) is 17.6 Å². The minimum atomic E-state index is -0.459. The molecule has 1 atom stereocenters. The summed E-state index contributed by atoms with van der Waals surface area (Å²) in [4.78, 5) is 23.1. The van der Waals surface area contributed by atoms with Gasteiger partial charge in [0.2, 0.25) is 0 Å². The molecule has 1 amide bonds. The lowest BCUT2D eigenvalue weighted by atomic mass is 9.89. The van der Waals surface area contributed by atoms with Crippen LogP contribution in [0.5, 0.6) is 0 Å². The third kappa shape index (κ3) is 3.71. The number of aryl methyl sites for hydroxylation is 3. The van der Waals surface area contributed by atoms with Gasteiger partial charge in [-0.05, 0) is 62.3 Å². The third-order valence-electron chi connectivity index (χ3n) is 4.89. The average Bonchev–Trinajstić information content (AvgIpc) is 2.61. The van der Waals surface area contributed by atoms with Crippen molar-refractivity contribution in [3.8, 4) is 0 Å². The van der Waals surface area contributed by atoms with Gasteiger partial charge in [-0.1, -0.05) is 24.3 Å². The fraction of sp³-hybridized carbons (Fsp3) is 0.350. The van der Waals surface area contributed by atoms with E-state index in [9.17, 15) is 14.9 Å². The number of fused-ring (bicyclic) bond motifs is 1. The molecule has 0 bridgehead atoms. The van der Waals surface area contributed by atoms with Crippen LogP contribution in [0, 0.1) is 17.0 Å². The van der Waals surface area contributed by atoms with Gasteiger partial charge in [0, 0.05) is 17.2 Å². The Bertz CT molecular complexity index is 830. The van der Waals surface area contributed by atoms with Gasteiger partial charge in [-0.3, -0.25) is 14.9 Å². The number of nitro groups is 1. The van der Waals surface area contributed by atoms with Gasteiger partial charge in [-0.15, -0.1) is 0 Å². The molecule has 2 aromatic rings. The van der Waals surface area contributed by atoms with E-state index in [4.69, 9.17) is 0 Å². The van der Waals surface area contributed by atoms with Crippen molar-refractivity contribution < 1.29 is 9.72 Å². The summed E-state index contributed by atoms with van der Waals surface area (Å²) in [6.07, 6.45) is 4.67. The summed E-state index contributed by atoms with van der Waals surface area (Å²) in [5, 5.41) is 14.0. The third-order valence-corrected chi connectivity index (χ3v) is 4.89. The van der Waals surface area contributed by atoms with Crippen LogP contribution in [0.1, 0.15) is 58.4 Å². The lowest BCUT2D eigenvalue weighted by molar-refractivity contribution is -0.385. The van der Waals surface area contributed by atoms with E-state index < -0.39 is 4.92 Å². The molecule has 3 rings (SSSR count). The summed E-state index contributed by atoms with van der Waals surface area (Å²) in [6.45, 7) is 3.60. The fourth-order valence-electron chi connectivity index (χ4n) is 3.33. The summed E-state index contributed by atoms with van der Waals surface area (Å²) < 4.78 is 0. The first kappa shape index (κ1) is 17.1. The molecule has 5 heteroatoms. The molecule has 0 aromatic heterocycles. The number of hydrogen-bond donors (Lipinski definition) is 1. The van der Waals surface area contributed by atoms with Crippen molar-refractivity contribution in [2.75, 3.05) is 0 Å². The summed E-state index contributed by atoms with van der Waals surface area (Å²) in [5.74, 6) is -0.298. The van der Waals surface area contributed by atoms with Gasteiger partial charge in [-0.25, -0.2) is 0 Å². The van der Waals surface area contributed by atoms with Crippen LogP contribution in [-0.4, -0.2) is 10.8 Å². The Morgan fingerprint density at radius 3 is 2.56 bits per heavy atom. The van der Waals surface area contributed by atoms with Gasteiger partial charge in [0.05, 0.1) is 11.0 Å². The van der Waals surface area contributed by atoms with Crippen LogP contribution in [0.3, 0.4) is 0 Å².